The highest BCUT2D eigenvalue weighted by Gasteiger charge is 2.08. The molecule has 0 aliphatic heterocycles. The van der Waals surface area contributed by atoms with Crippen LogP contribution < -0.4 is 14.3 Å². The van der Waals surface area contributed by atoms with Crippen LogP contribution in [0.1, 0.15) is 12.5 Å². The van der Waals surface area contributed by atoms with E-state index in [1.165, 1.54) is 11.3 Å². The highest BCUT2D eigenvalue weighted by Crippen LogP contribution is 2.24. The Labute approximate surface area is 173 Å². The SMILES string of the molecule is C=C(C)CN=c1scc(-c2ccc(OC)cc2)n1N=Cc1cc(OC)ccc1O. The highest BCUT2D eigenvalue weighted by molar-refractivity contribution is 7.07. The molecule has 0 atom stereocenters. The maximum Gasteiger partial charge on any atom is 0.206 e. The summed E-state index contributed by atoms with van der Waals surface area (Å²) >= 11 is 1.49. The molecule has 3 rings (SSSR count). The van der Waals surface area contributed by atoms with Crippen LogP contribution in [0.15, 0.2) is 70.1 Å². The van der Waals surface area contributed by atoms with Gasteiger partial charge in [-0.1, -0.05) is 12.2 Å². The summed E-state index contributed by atoms with van der Waals surface area (Å²) in [5, 5.41) is 16.7. The molecule has 0 bridgehead atoms. The maximum atomic E-state index is 10.1. The zero-order valence-corrected chi connectivity index (χ0v) is 17.4. The lowest BCUT2D eigenvalue weighted by molar-refractivity contribution is 0.412. The Balaban J connectivity index is 2.07. The van der Waals surface area contributed by atoms with Crippen LogP contribution in [0, 0.1) is 0 Å². The minimum absolute atomic E-state index is 0.122. The number of aromatic nitrogens is 1. The predicted molar refractivity (Wildman–Crippen MR) is 117 cm³/mol. The van der Waals surface area contributed by atoms with Crippen molar-refractivity contribution in [2.75, 3.05) is 20.8 Å². The summed E-state index contributed by atoms with van der Waals surface area (Å²) < 4.78 is 12.2. The number of hydrogen-bond acceptors (Lipinski definition) is 6. The molecule has 0 unspecified atom stereocenters. The van der Waals surface area contributed by atoms with Gasteiger partial charge in [-0.2, -0.15) is 5.10 Å². The summed E-state index contributed by atoms with van der Waals surface area (Å²) in [4.78, 5) is 5.34. The zero-order valence-electron chi connectivity index (χ0n) is 16.6. The summed E-state index contributed by atoms with van der Waals surface area (Å²) in [6.45, 7) is 6.36. The van der Waals surface area contributed by atoms with E-state index in [0.29, 0.717) is 17.9 Å². The number of phenols is 1. The molecular formula is C22H23N3O3S. The van der Waals surface area contributed by atoms with Crippen molar-refractivity contribution in [3.05, 3.63) is 70.4 Å². The second-order valence-corrected chi connectivity index (χ2v) is 7.22. The van der Waals surface area contributed by atoms with Crippen molar-refractivity contribution in [3.8, 4) is 28.5 Å². The zero-order chi connectivity index (χ0) is 20.8. The van der Waals surface area contributed by atoms with Gasteiger partial charge in [0, 0.05) is 16.5 Å². The smallest absolute Gasteiger partial charge is 0.206 e. The van der Waals surface area contributed by atoms with Gasteiger partial charge in [-0.05, 0) is 49.4 Å². The molecule has 0 saturated carbocycles. The summed E-state index contributed by atoms with van der Waals surface area (Å²) in [5.41, 5.74) is 3.38. The van der Waals surface area contributed by atoms with E-state index in [1.54, 1.807) is 43.3 Å². The number of rotatable bonds is 7. The molecule has 7 heteroatoms. The van der Waals surface area contributed by atoms with Gasteiger partial charge in [0.2, 0.25) is 4.80 Å². The average molecular weight is 410 g/mol. The Morgan fingerprint density at radius 2 is 1.83 bits per heavy atom. The molecule has 0 spiro atoms. The lowest BCUT2D eigenvalue weighted by atomic mass is 10.2. The van der Waals surface area contributed by atoms with Gasteiger partial charge in [-0.15, -0.1) is 11.3 Å². The van der Waals surface area contributed by atoms with Crippen molar-refractivity contribution in [2.24, 2.45) is 10.1 Å². The van der Waals surface area contributed by atoms with Crippen molar-refractivity contribution in [1.82, 2.24) is 4.68 Å². The van der Waals surface area contributed by atoms with Crippen LogP contribution in [0.5, 0.6) is 17.2 Å². The summed E-state index contributed by atoms with van der Waals surface area (Å²) in [5.74, 6) is 1.55. The van der Waals surface area contributed by atoms with E-state index in [9.17, 15) is 5.11 Å². The fourth-order valence-corrected chi connectivity index (χ4v) is 3.40. The predicted octanol–water partition coefficient (Wildman–Crippen LogP) is 4.30. The first-order valence-corrected chi connectivity index (χ1v) is 9.81. The molecule has 1 aromatic heterocycles. The number of nitrogens with zero attached hydrogens (tertiary/aromatic N) is 3. The molecule has 150 valence electrons. The van der Waals surface area contributed by atoms with Gasteiger partial charge < -0.3 is 14.6 Å². The lowest BCUT2D eigenvalue weighted by Gasteiger charge is -2.06. The molecule has 1 heterocycles. The molecule has 29 heavy (non-hydrogen) atoms. The van der Waals surface area contributed by atoms with Crippen LogP contribution in [0.4, 0.5) is 0 Å². The Kier molecular flexibility index (Phi) is 6.51. The van der Waals surface area contributed by atoms with Gasteiger partial charge >= 0.3 is 0 Å². The maximum absolute atomic E-state index is 10.1. The van der Waals surface area contributed by atoms with Crippen LogP contribution in [-0.4, -0.2) is 36.8 Å². The first kappa shape index (κ1) is 20.4. The molecular weight excluding hydrogens is 386 g/mol. The molecule has 0 aliphatic carbocycles. The van der Waals surface area contributed by atoms with Gasteiger partial charge in [0.15, 0.2) is 0 Å². The monoisotopic (exact) mass is 409 g/mol. The molecule has 0 saturated heterocycles. The number of methoxy groups -OCH3 is 2. The van der Waals surface area contributed by atoms with Crippen LogP contribution in [-0.2, 0) is 0 Å². The van der Waals surface area contributed by atoms with Gasteiger partial charge in [-0.25, -0.2) is 4.68 Å². The number of hydrogen-bond donors (Lipinski definition) is 1. The number of benzene rings is 2. The minimum Gasteiger partial charge on any atom is -0.507 e. The Hall–Kier alpha value is -3.32. The Morgan fingerprint density at radius 1 is 1.14 bits per heavy atom. The average Bonchev–Trinajstić information content (AvgIpc) is 3.14. The molecule has 0 amide bonds. The molecule has 6 nitrogen and oxygen atoms in total. The number of thiazole rings is 1. The van der Waals surface area contributed by atoms with Crippen LogP contribution in [0.3, 0.4) is 0 Å². The van der Waals surface area contributed by atoms with E-state index in [4.69, 9.17) is 9.47 Å². The van der Waals surface area contributed by atoms with Crippen LogP contribution in [0.25, 0.3) is 11.3 Å². The van der Waals surface area contributed by atoms with Crippen molar-refractivity contribution in [2.45, 2.75) is 6.92 Å². The normalized spacial score (nSPS) is 11.8. The van der Waals surface area contributed by atoms with E-state index < -0.39 is 0 Å². The standard InChI is InChI=1S/C22H23N3O3S/c1-15(2)12-23-22-25(24-13-17-11-19(28-4)9-10-21(17)26)20(14-29-22)16-5-7-18(27-3)8-6-16/h5-11,13-14,26H,1,12H2,2-4H3. The van der Waals surface area contributed by atoms with E-state index in [-0.39, 0.29) is 5.75 Å². The van der Waals surface area contributed by atoms with Crippen molar-refractivity contribution in [3.63, 3.8) is 0 Å². The molecule has 0 radical (unpaired) electrons. The van der Waals surface area contributed by atoms with E-state index in [2.05, 4.69) is 16.7 Å². The summed E-state index contributed by atoms with van der Waals surface area (Å²) in [6, 6.07) is 12.7. The highest BCUT2D eigenvalue weighted by atomic mass is 32.1. The van der Waals surface area contributed by atoms with Crippen LogP contribution >= 0.6 is 11.3 Å². The van der Waals surface area contributed by atoms with Gasteiger partial charge in [-0.3, -0.25) is 4.99 Å². The quantitative estimate of drug-likeness (QED) is 0.467. The fourth-order valence-electron chi connectivity index (χ4n) is 2.56. The van der Waals surface area contributed by atoms with Crippen molar-refractivity contribution >= 4 is 17.6 Å². The van der Waals surface area contributed by atoms with E-state index >= 15 is 0 Å². The van der Waals surface area contributed by atoms with Crippen molar-refractivity contribution < 1.29 is 14.6 Å². The Bertz CT molecular complexity index is 1100. The molecule has 3 aromatic rings. The number of aromatic hydroxyl groups is 1. The van der Waals surface area contributed by atoms with Gasteiger partial charge in [0.1, 0.15) is 17.2 Å². The second kappa shape index (κ2) is 9.25. The largest absolute Gasteiger partial charge is 0.507 e. The number of ether oxygens (including phenoxy) is 2. The first-order chi connectivity index (χ1) is 14.0. The van der Waals surface area contributed by atoms with E-state index in [0.717, 1.165) is 27.4 Å². The van der Waals surface area contributed by atoms with Crippen LogP contribution in [0.2, 0.25) is 0 Å². The van der Waals surface area contributed by atoms with E-state index in [1.807, 2.05) is 36.6 Å². The molecule has 1 N–H and O–H groups in total. The summed E-state index contributed by atoms with van der Waals surface area (Å²) in [6.07, 6.45) is 1.59. The third-order valence-corrected chi connectivity index (χ3v) is 4.96. The Morgan fingerprint density at radius 3 is 2.48 bits per heavy atom. The second-order valence-electron chi connectivity index (χ2n) is 6.39. The minimum atomic E-state index is 0.122. The molecule has 2 aromatic carbocycles. The molecule has 0 aliphatic rings. The third kappa shape index (κ3) is 4.94. The fraction of sp³-hybridized carbons (Fsp3) is 0.182. The lowest BCUT2D eigenvalue weighted by Crippen LogP contribution is -2.13. The summed E-state index contributed by atoms with van der Waals surface area (Å²) in [7, 11) is 3.22. The third-order valence-electron chi connectivity index (χ3n) is 4.10. The van der Waals surface area contributed by atoms with Gasteiger partial charge in [0.05, 0.1) is 32.7 Å². The molecule has 0 fully saturated rings. The first-order valence-electron chi connectivity index (χ1n) is 8.93. The number of phenolic OH excluding ortho intramolecular Hbond substituents is 1. The van der Waals surface area contributed by atoms with Gasteiger partial charge in [0.25, 0.3) is 0 Å². The topological polar surface area (TPSA) is 68.3 Å². The van der Waals surface area contributed by atoms with Crippen molar-refractivity contribution in [1.29, 1.82) is 0 Å².